The largest absolute Gasteiger partial charge is 0.506 e. The zero-order valence-electron chi connectivity index (χ0n) is 12.7. The Kier molecular flexibility index (Phi) is 11.8. The lowest BCUT2D eigenvalue weighted by Gasteiger charge is -2.23. The van der Waals surface area contributed by atoms with Gasteiger partial charge < -0.3 is 14.6 Å². The van der Waals surface area contributed by atoms with Crippen molar-refractivity contribution in [3.63, 3.8) is 0 Å². The average Bonchev–Trinajstić information content (AvgIpc) is 2.35. The standard InChI is InChI=1S/C15H30O4/c1-4-6-8-9-10-11-14(18-12-7-5-2)13(3)19-15(16)17/h13-14H,4-12H2,1-3H3,(H,16,17). The summed E-state index contributed by atoms with van der Waals surface area (Å²) < 4.78 is 10.6. The first kappa shape index (κ1) is 18.2. The maximum absolute atomic E-state index is 10.6. The Morgan fingerprint density at radius 2 is 1.68 bits per heavy atom. The van der Waals surface area contributed by atoms with Crippen LogP contribution in [0.3, 0.4) is 0 Å². The average molecular weight is 274 g/mol. The molecule has 0 radical (unpaired) electrons. The molecule has 0 aromatic heterocycles. The van der Waals surface area contributed by atoms with Crippen LogP contribution in [0.4, 0.5) is 4.79 Å². The molecule has 0 heterocycles. The van der Waals surface area contributed by atoms with Crippen molar-refractivity contribution in [2.24, 2.45) is 0 Å². The summed E-state index contributed by atoms with van der Waals surface area (Å²) in [7, 11) is 0. The van der Waals surface area contributed by atoms with Crippen LogP contribution in [0.2, 0.25) is 0 Å². The molecule has 0 amide bonds. The number of ether oxygens (including phenoxy) is 2. The normalized spacial score (nSPS) is 14.1. The Morgan fingerprint density at radius 1 is 1.05 bits per heavy atom. The molecule has 0 bridgehead atoms. The first-order valence-corrected chi connectivity index (χ1v) is 7.63. The molecule has 0 aliphatic rings. The van der Waals surface area contributed by atoms with Crippen molar-refractivity contribution in [1.29, 1.82) is 0 Å². The van der Waals surface area contributed by atoms with Crippen LogP contribution >= 0.6 is 0 Å². The zero-order chi connectivity index (χ0) is 14.5. The quantitative estimate of drug-likeness (QED) is 0.417. The number of hydrogen-bond donors (Lipinski definition) is 1. The maximum atomic E-state index is 10.6. The van der Waals surface area contributed by atoms with E-state index in [-0.39, 0.29) is 12.2 Å². The number of unbranched alkanes of at least 4 members (excludes halogenated alkanes) is 5. The minimum atomic E-state index is -1.22. The minimum absolute atomic E-state index is 0.107. The van der Waals surface area contributed by atoms with E-state index in [1.54, 1.807) is 6.92 Å². The van der Waals surface area contributed by atoms with Gasteiger partial charge in [0.25, 0.3) is 0 Å². The second-order valence-corrected chi connectivity index (χ2v) is 5.05. The van der Waals surface area contributed by atoms with Gasteiger partial charge in [-0.3, -0.25) is 0 Å². The van der Waals surface area contributed by atoms with E-state index >= 15 is 0 Å². The number of carboxylic acid groups (broad SMARTS) is 1. The molecule has 0 saturated carbocycles. The molecule has 0 saturated heterocycles. The summed E-state index contributed by atoms with van der Waals surface area (Å²) in [6.07, 6.45) is 7.24. The molecule has 114 valence electrons. The van der Waals surface area contributed by atoms with Crippen molar-refractivity contribution in [3.8, 4) is 0 Å². The maximum Gasteiger partial charge on any atom is 0.506 e. The van der Waals surface area contributed by atoms with Crippen molar-refractivity contribution in [2.45, 2.75) is 84.3 Å². The molecule has 19 heavy (non-hydrogen) atoms. The molecule has 0 aromatic rings. The second-order valence-electron chi connectivity index (χ2n) is 5.05. The summed E-state index contributed by atoms with van der Waals surface area (Å²) in [5, 5.41) is 8.67. The van der Waals surface area contributed by atoms with Gasteiger partial charge in [0, 0.05) is 6.61 Å². The lowest BCUT2D eigenvalue weighted by atomic mass is 10.0. The first-order chi connectivity index (χ1) is 9.11. The van der Waals surface area contributed by atoms with Gasteiger partial charge in [0.15, 0.2) is 0 Å². The Bertz CT molecular complexity index is 218. The smallest absolute Gasteiger partial charge is 0.450 e. The summed E-state index contributed by atoms with van der Waals surface area (Å²) >= 11 is 0. The molecule has 2 unspecified atom stereocenters. The number of rotatable bonds is 12. The predicted octanol–water partition coefficient (Wildman–Crippen LogP) is 4.62. The van der Waals surface area contributed by atoms with Crippen LogP contribution in [0.25, 0.3) is 0 Å². The van der Waals surface area contributed by atoms with Gasteiger partial charge >= 0.3 is 6.16 Å². The van der Waals surface area contributed by atoms with E-state index in [9.17, 15) is 4.79 Å². The fraction of sp³-hybridized carbons (Fsp3) is 0.933. The molecule has 4 nitrogen and oxygen atoms in total. The summed E-state index contributed by atoms with van der Waals surface area (Å²) in [6, 6.07) is 0. The van der Waals surface area contributed by atoms with E-state index in [1.165, 1.54) is 25.7 Å². The Labute approximate surface area is 117 Å². The van der Waals surface area contributed by atoms with E-state index < -0.39 is 6.16 Å². The lowest BCUT2D eigenvalue weighted by Crippen LogP contribution is -2.31. The summed E-state index contributed by atoms with van der Waals surface area (Å²) in [5.74, 6) is 0. The highest BCUT2D eigenvalue weighted by atomic mass is 16.7. The van der Waals surface area contributed by atoms with Gasteiger partial charge in [0.05, 0.1) is 6.10 Å². The molecule has 0 aromatic carbocycles. The molecule has 2 atom stereocenters. The Morgan fingerprint density at radius 3 is 2.26 bits per heavy atom. The van der Waals surface area contributed by atoms with E-state index in [0.29, 0.717) is 6.61 Å². The molecule has 0 spiro atoms. The monoisotopic (exact) mass is 274 g/mol. The molecule has 4 heteroatoms. The fourth-order valence-electron chi connectivity index (χ4n) is 2.02. The van der Waals surface area contributed by atoms with Crippen LogP contribution in [0, 0.1) is 0 Å². The highest BCUT2D eigenvalue weighted by Crippen LogP contribution is 2.15. The molecule has 0 rings (SSSR count). The van der Waals surface area contributed by atoms with Crippen LogP contribution in [0.5, 0.6) is 0 Å². The van der Waals surface area contributed by atoms with E-state index in [2.05, 4.69) is 13.8 Å². The van der Waals surface area contributed by atoms with Crippen molar-refractivity contribution >= 4 is 6.16 Å². The third kappa shape index (κ3) is 10.8. The van der Waals surface area contributed by atoms with Crippen LogP contribution in [0.15, 0.2) is 0 Å². The number of hydrogen-bond acceptors (Lipinski definition) is 3. The van der Waals surface area contributed by atoms with Crippen LogP contribution in [0.1, 0.15) is 72.1 Å². The van der Waals surface area contributed by atoms with Gasteiger partial charge in [-0.25, -0.2) is 4.79 Å². The molecule has 1 N–H and O–H groups in total. The summed E-state index contributed by atoms with van der Waals surface area (Å²) in [5.41, 5.74) is 0. The summed E-state index contributed by atoms with van der Waals surface area (Å²) in [4.78, 5) is 10.6. The third-order valence-corrected chi connectivity index (χ3v) is 3.23. The van der Waals surface area contributed by atoms with Gasteiger partial charge in [-0.05, 0) is 19.8 Å². The zero-order valence-corrected chi connectivity index (χ0v) is 12.7. The van der Waals surface area contributed by atoms with Crippen molar-refractivity contribution < 1.29 is 19.4 Å². The minimum Gasteiger partial charge on any atom is -0.450 e. The van der Waals surface area contributed by atoms with E-state index in [0.717, 1.165) is 25.7 Å². The summed E-state index contributed by atoms with van der Waals surface area (Å²) in [6.45, 7) is 6.76. The van der Waals surface area contributed by atoms with Gasteiger partial charge in [0.2, 0.25) is 0 Å². The van der Waals surface area contributed by atoms with Gasteiger partial charge in [-0.1, -0.05) is 52.4 Å². The lowest BCUT2D eigenvalue weighted by molar-refractivity contribution is -0.0536. The highest BCUT2D eigenvalue weighted by Gasteiger charge is 2.21. The van der Waals surface area contributed by atoms with E-state index in [4.69, 9.17) is 14.6 Å². The highest BCUT2D eigenvalue weighted by molar-refractivity contribution is 5.57. The van der Waals surface area contributed by atoms with Gasteiger partial charge in [0.1, 0.15) is 6.10 Å². The van der Waals surface area contributed by atoms with Crippen molar-refractivity contribution in [1.82, 2.24) is 0 Å². The SMILES string of the molecule is CCCCCCCC(OCCCC)C(C)OC(=O)O. The van der Waals surface area contributed by atoms with Gasteiger partial charge in [-0.2, -0.15) is 0 Å². The van der Waals surface area contributed by atoms with E-state index in [1.807, 2.05) is 0 Å². The third-order valence-electron chi connectivity index (χ3n) is 3.23. The Balaban J connectivity index is 3.98. The molecular weight excluding hydrogens is 244 g/mol. The molecule has 0 fully saturated rings. The van der Waals surface area contributed by atoms with Crippen molar-refractivity contribution in [3.05, 3.63) is 0 Å². The topological polar surface area (TPSA) is 55.8 Å². The van der Waals surface area contributed by atoms with Crippen LogP contribution in [-0.4, -0.2) is 30.1 Å². The number of carbonyl (C=O) groups is 1. The Hall–Kier alpha value is -0.770. The predicted molar refractivity (Wildman–Crippen MR) is 76.6 cm³/mol. The molecule has 0 aliphatic carbocycles. The molecular formula is C15H30O4. The van der Waals surface area contributed by atoms with Crippen molar-refractivity contribution in [2.75, 3.05) is 6.61 Å². The first-order valence-electron chi connectivity index (χ1n) is 7.63. The van der Waals surface area contributed by atoms with Crippen LogP contribution in [-0.2, 0) is 9.47 Å². The second kappa shape index (κ2) is 12.3. The van der Waals surface area contributed by atoms with Gasteiger partial charge in [-0.15, -0.1) is 0 Å². The fourth-order valence-corrected chi connectivity index (χ4v) is 2.02. The molecule has 0 aliphatic heterocycles. The van der Waals surface area contributed by atoms with Crippen LogP contribution < -0.4 is 0 Å².